The molecule has 0 unspecified atom stereocenters. The highest BCUT2D eigenvalue weighted by Gasteiger charge is 2.13. The summed E-state index contributed by atoms with van der Waals surface area (Å²) in [6.45, 7) is 3.12. The van der Waals surface area contributed by atoms with Gasteiger partial charge in [0.15, 0.2) is 0 Å². The molecule has 0 aliphatic heterocycles. The minimum atomic E-state index is 0.758. The average molecular weight is 322 g/mol. The third kappa shape index (κ3) is 4.87. The monoisotopic (exact) mass is 322 g/mol. The first-order chi connectivity index (χ1) is 11.8. The Bertz CT molecular complexity index is 591. The number of benzene rings is 2. The van der Waals surface area contributed by atoms with Gasteiger partial charge in [0.25, 0.3) is 0 Å². The van der Waals surface area contributed by atoms with E-state index in [9.17, 15) is 0 Å². The van der Waals surface area contributed by atoms with Gasteiger partial charge in [-0.2, -0.15) is 0 Å². The fourth-order valence-electron chi connectivity index (χ4n) is 3.56. The van der Waals surface area contributed by atoms with Gasteiger partial charge >= 0.3 is 0 Å². The summed E-state index contributed by atoms with van der Waals surface area (Å²) >= 11 is 0. The van der Waals surface area contributed by atoms with Gasteiger partial charge in [0.05, 0.1) is 6.61 Å². The predicted molar refractivity (Wildman–Crippen MR) is 103 cm³/mol. The second-order valence-corrected chi connectivity index (χ2v) is 7.14. The Hall–Kier alpha value is -1.76. The smallest absolute Gasteiger partial charge is 0.119 e. The molecular weight excluding hydrogens is 292 g/mol. The first-order valence-corrected chi connectivity index (χ1v) is 9.67. The van der Waals surface area contributed by atoms with Crippen LogP contribution in [0, 0.1) is 5.92 Å². The predicted octanol–water partition coefficient (Wildman–Crippen LogP) is 6.66. The van der Waals surface area contributed by atoms with Crippen molar-refractivity contribution in [1.29, 1.82) is 0 Å². The summed E-state index contributed by atoms with van der Waals surface area (Å²) in [5.41, 5.74) is 3.99. The SMILES string of the molecule is CCCCc1ccc(-c2ccc(OCC3CCCCC3)cc2)cc1. The first kappa shape index (κ1) is 17.1. The lowest BCUT2D eigenvalue weighted by Crippen LogP contribution is -2.15. The van der Waals surface area contributed by atoms with Crippen LogP contribution in [0.4, 0.5) is 0 Å². The van der Waals surface area contributed by atoms with E-state index in [2.05, 4.69) is 55.5 Å². The van der Waals surface area contributed by atoms with Crippen LogP contribution < -0.4 is 4.74 Å². The highest BCUT2D eigenvalue weighted by Crippen LogP contribution is 2.26. The van der Waals surface area contributed by atoms with E-state index < -0.39 is 0 Å². The van der Waals surface area contributed by atoms with Crippen LogP contribution in [0.25, 0.3) is 11.1 Å². The molecule has 0 aromatic heterocycles. The van der Waals surface area contributed by atoms with Crippen LogP contribution in [-0.4, -0.2) is 6.61 Å². The molecule has 0 bridgehead atoms. The maximum Gasteiger partial charge on any atom is 0.119 e. The van der Waals surface area contributed by atoms with Crippen molar-refractivity contribution in [1.82, 2.24) is 0 Å². The Kier molecular flexibility index (Phi) is 6.34. The molecule has 0 N–H and O–H groups in total. The molecule has 1 saturated carbocycles. The van der Waals surface area contributed by atoms with E-state index in [4.69, 9.17) is 4.74 Å². The molecule has 1 aliphatic rings. The molecule has 0 saturated heterocycles. The van der Waals surface area contributed by atoms with E-state index in [-0.39, 0.29) is 0 Å². The molecule has 1 fully saturated rings. The summed E-state index contributed by atoms with van der Waals surface area (Å²) in [6.07, 6.45) is 10.5. The van der Waals surface area contributed by atoms with Crippen LogP contribution in [0.3, 0.4) is 0 Å². The van der Waals surface area contributed by atoms with Crippen LogP contribution >= 0.6 is 0 Å². The van der Waals surface area contributed by atoms with Gasteiger partial charge in [-0.25, -0.2) is 0 Å². The molecule has 24 heavy (non-hydrogen) atoms. The Labute approximate surface area is 147 Å². The molecule has 0 amide bonds. The molecule has 128 valence electrons. The van der Waals surface area contributed by atoms with Crippen LogP contribution in [0.1, 0.15) is 57.4 Å². The lowest BCUT2D eigenvalue weighted by atomic mass is 9.90. The van der Waals surface area contributed by atoms with Crippen molar-refractivity contribution in [3.05, 3.63) is 54.1 Å². The van der Waals surface area contributed by atoms with E-state index in [1.54, 1.807) is 0 Å². The van der Waals surface area contributed by atoms with Gasteiger partial charge < -0.3 is 4.74 Å². The fourth-order valence-corrected chi connectivity index (χ4v) is 3.56. The Morgan fingerprint density at radius 3 is 2.08 bits per heavy atom. The molecule has 1 aliphatic carbocycles. The second-order valence-electron chi connectivity index (χ2n) is 7.14. The normalized spacial score (nSPS) is 15.4. The number of unbranched alkanes of at least 4 members (excludes halogenated alkanes) is 1. The van der Waals surface area contributed by atoms with Crippen molar-refractivity contribution >= 4 is 0 Å². The highest BCUT2D eigenvalue weighted by molar-refractivity contribution is 5.64. The van der Waals surface area contributed by atoms with Gasteiger partial charge in [0.1, 0.15) is 5.75 Å². The summed E-state index contributed by atoms with van der Waals surface area (Å²) in [5, 5.41) is 0. The number of ether oxygens (including phenoxy) is 1. The summed E-state index contributed by atoms with van der Waals surface area (Å²) in [4.78, 5) is 0. The molecule has 2 aromatic rings. The molecule has 0 spiro atoms. The van der Waals surface area contributed by atoms with Gasteiger partial charge in [0, 0.05) is 0 Å². The van der Waals surface area contributed by atoms with Crippen LogP contribution in [0.15, 0.2) is 48.5 Å². The molecule has 0 radical (unpaired) electrons. The molecule has 0 atom stereocenters. The van der Waals surface area contributed by atoms with Crippen molar-refractivity contribution < 1.29 is 4.74 Å². The van der Waals surface area contributed by atoms with E-state index in [0.717, 1.165) is 18.3 Å². The molecule has 1 nitrogen and oxygen atoms in total. The Morgan fingerprint density at radius 2 is 1.46 bits per heavy atom. The molecule has 0 heterocycles. The second kappa shape index (κ2) is 8.92. The van der Waals surface area contributed by atoms with Crippen molar-refractivity contribution in [2.75, 3.05) is 6.61 Å². The van der Waals surface area contributed by atoms with Crippen LogP contribution in [0.5, 0.6) is 5.75 Å². The molecule has 1 heteroatoms. The highest BCUT2D eigenvalue weighted by atomic mass is 16.5. The zero-order valence-corrected chi connectivity index (χ0v) is 15.0. The van der Waals surface area contributed by atoms with Crippen LogP contribution in [0.2, 0.25) is 0 Å². The van der Waals surface area contributed by atoms with Crippen LogP contribution in [-0.2, 0) is 6.42 Å². The lowest BCUT2D eigenvalue weighted by molar-refractivity contribution is 0.209. The lowest BCUT2D eigenvalue weighted by Gasteiger charge is -2.21. The molecule has 2 aromatic carbocycles. The molecular formula is C23H30O. The van der Waals surface area contributed by atoms with Crippen molar-refractivity contribution in [3.63, 3.8) is 0 Å². The van der Waals surface area contributed by atoms with Gasteiger partial charge in [-0.05, 0) is 60.4 Å². The van der Waals surface area contributed by atoms with Gasteiger partial charge in [-0.1, -0.05) is 69.0 Å². The number of rotatable bonds is 7. The quantitative estimate of drug-likeness (QED) is 0.554. The average Bonchev–Trinajstić information content (AvgIpc) is 2.66. The minimum Gasteiger partial charge on any atom is -0.493 e. The third-order valence-corrected chi connectivity index (χ3v) is 5.17. The number of aryl methyl sites for hydroxylation is 1. The summed E-state index contributed by atoms with van der Waals surface area (Å²) in [7, 11) is 0. The molecule has 3 rings (SSSR count). The van der Waals surface area contributed by atoms with E-state index in [1.807, 2.05) is 0 Å². The first-order valence-electron chi connectivity index (χ1n) is 9.67. The van der Waals surface area contributed by atoms with Crippen molar-refractivity contribution in [2.24, 2.45) is 5.92 Å². The van der Waals surface area contributed by atoms with Gasteiger partial charge in [0.2, 0.25) is 0 Å². The van der Waals surface area contributed by atoms with E-state index in [1.165, 1.54) is 68.1 Å². The number of hydrogen-bond donors (Lipinski definition) is 0. The van der Waals surface area contributed by atoms with Gasteiger partial charge in [-0.15, -0.1) is 0 Å². The zero-order valence-electron chi connectivity index (χ0n) is 15.0. The summed E-state index contributed by atoms with van der Waals surface area (Å²) < 4.78 is 6.00. The topological polar surface area (TPSA) is 9.23 Å². The zero-order chi connectivity index (χ0) is 16.6. The third-order valence-electron chi connectivity index (χ3n) is 5.17. The Morgan fingerprint density at radius 1 is 0.833 bits per heavy atom. The fraction of sp³-hybridized carbons (Fsp3) is 0.478. The van der Waals surface area contributed by atoms with E-state index >= 15 is 0 Å². The Balaban J connectivity index is 1.55. The standard InChI is InChI=1S/C23H30O/c1-2-3-7-19-10-12-21(13-11-19)22-14-16-23(17-15-22)24-18-20-8-5-4-6-9-20/h10-17,20H,2-9,18H2,1H3. The minimum absolute atomic E-state index is 0.758. The van der Waals surface area contributed by atoms with Gasteiger partial charge in [-0.3, -0.25) is 0 Å². The maximum atomic E-state index is 6.00. The summed E-state index contributed by atoms with van der Waals surface area (Å²) in [6, 6.07) is 17.6. The van der Waals surface area contributed by atoms with Crippen molar-refractivity contribution in [2.45, 2.75) is 58.3 Å². The maximum absolute atomic E-state index is 6.00. The van der Waals surface area contributed by atoms with Crippen molar-refractivity contribution in [3.8, 4) is 16.9 Å². The van der Waals surface area contributed by atoms with E-state index in [0.29, 0.717) is 0 Å². The number of hydrogen-bond acceptors (Lipinski definition) is 1. The largest absolute Gasteiger partial charge is 0.493 e. The summed E-state index contributed by atoms with van der Waals surface area (Å²) in [5.74, 6) is 1.76.